The quantitative estimate of drug-likeness (QED) is 0.0316. The van der Waals surface area contributed by atoms with E-state index in [1.807, 2.05) is 5.32 Å². The van der Waals surface area contributed by atoms with Crippen LogP contribution in [0.15, 0.2) is 30.5 Å². The Hall–Kier alpha value is -9.23. The van der Waals surface area contributed by atoms with Crippen LogP contribution in [0, 0.1) is 0 Å². The van der Waals surface area contributed by atoms with E-state index in [9.17, 15) is 82.1 Å². The number of primary amides is 4. The van der Waals surface area contributed by atoms with Gasteiger partial charge in [-0.3, -0.25) is 71.9 Å². The topological polar surface area (TPSA) is 559 Å². The number of carboxylic acids is 3. The average molecular weight is 1060 g/mol. The number of H-pyrrole nitrogens is 1. The second-order valence-corrected chi connectivity index (χ2v) is 16.9. The minimum absolute atomic E-state index is 0.368. The number of hydrogen-bond acceptors (Lipinski definition) is 16. The molecule has 0 unspecified atom stereocenters. The van der Waals surface area contributed by atoms with E-state index < -0.39 is 195 Å². The van der Waals surface area contributed by atoms with Crippen LogP contribution in [-0.2, 0) is 78.3 Å². The molecule has 75 heavy (non-hydrogen) atoms. The number of benzene rings is 1. The summed E-state index contributed by atoms with van der Waals surface area (Å²) in [6.07, 6.45) is -5.01. The van der Waals surface area contributed by atoms with Gasteiger partial charge in [0, 0.05) is 36.4 Å². The fourth-order valence-electron chi connectivity index (χ4n) is 6.78. The lowest BCUT2D eigenvalue weighted by atomic mass is 10.0. The van der Waals surface area contributed by atoms with E-state index in [-0.39, 0.29) is 6.42 Å². The van der Waals surface area contributed by atoms with E-state index in [0.29, 0.717) is 16.5 Å². The lowest BCUT2D eigenvalue weighted by molar-refractivity contribution is -0.141. The number of hydrogen-bond donors (Lipinski definition) is 17. The molecule has 0 radical (unpaired) electrons. The molecule has 0 fully saturated rings. The number of carbonyl (C=O) groups excluding carboxylic acids is 12. The van der Waals surface area contributed by atoms with Crippen LogP contribution in [0.25, 0.3) is 10.9 Å². The Kier molecular flexibility index (Phi) is 24.2. The van der Waals surface area contributed by atoms with Gasteiger partial charge in [-0.1, -0.05) is 18.2 Å². The van der Waals surface area contributed by atoms with E-state index >= 15 is 0 Å². The minimum atomic E-state index is -1.97. The van der Waals surface area contributed by atoms with Crippen molar-refractivity contribution in [2.75, 3.05) is 0 Å². The summed E-state index contributed by atoms with van der Waals surface area (Å²) >= 11 is 0. The van der Waals surface area contributed by atoms with Gasteiger partial charge in [0.05, 0.1) is 31.7 Å². The summed E-state index contributed by atoms with van der Waals surface area (Å²) in [6.45, 7) is 2.18. The second-order valence-electron chi connectivity index (χ2n) is 16.9. The number of nitrogens with two attached hydrogens (primary N) is 5. The third kappa shape index (κ3) is 21.6. The smallest absolute Gasteiger partial charge is 0.305 e. The first-order chi connectivity index (χ1) is 35.0. The van der Waals surface area contributed by atoms with Crippen molar-refractivity contribution in [2.45, 2.75) is 126 Å². The average Bonchev–Trinajstić information content (AvgIpc) is 3.71. The molecule has 0 spiro atoms. The standard InChI is InChI=1S/C43H60N14O18/c1-17(50-39(71)23(7-9-32(61)62)53-38(70)21(44)12-29(45)58)36(68)52-24(8-10-33(63)64)40(72)57-27(14-31(47)60)42(74)56-26(11-19-16-49-22-6-4-3-5-20(19)22)41(73)51-18(2)37(69)55-28(15-34(65)66)43(75)54-25(35(48)67)13-30(46)59/h3-6,16-18,21,23-28,49H,7-15,44H2,1-2H3,(H2,45,58)(H2,46,59)(H2,47,60)(H2,48,67)(H,50,71)(H,51,73)(H,52,68)(H,53,70)(H,54,75)(H,55,69)(H,56,74)(H,57,72)(H,61,62)(H,63,64)(H,65,66)/t17-,18-,21-,23-,24-,25-,26-,27-,28-/m0/s1. The van der Waals surface area contributed by atoms with Gasteiger partial charge in [0.2, 0.25) is 70.9 Å². The Morgan fingerprint density at radius 1 is 0.467 bits per heavy atom. The molecule has 0 bridgehead atoms. The summed E-state index contributed by atoms with van der Waals surface area (Å²) in [4.78, 5) is 192. The lowest BCUT2D eigenvalue weighted by Crippen LogP contribution is -2.60. The van der Waals surface area contributed by atoms with Crippen molar-refractivity contribution in [1.29, 1.82) is 0 Å². The molecule has 1 heterocycles. The van der Waals surface area contributed by atoms with E-state index in [0.717, 1.165) is 13.8 Å². The summed E-state index contributed by atoms with van der Waals surface area (Å²) in [7, 11) is 0. The van der Waals surface area contributed by atoms with Crippen molar-refractivity contribution in [3.05, 3.63) is 36.0 Å². The van der Waals surface area contributed by atoms with Crippen molar-refractivity contribution in [1.82, 2.24) is 47.5 Å². The zero-order valence-electron chi connectivity index (χ0n) is 40.3. The lowest BCUT2D eigenvalue weighted by Gasteiger charge is -2.27. The van der Waals surface area contributed by atoms with Crippen LogP contribution in [0.3, 0.4) is 0 Å². The molecule has 1 aromatic carbocycles. The predicted molar refractivity (Wildman–Crippen MR) is 253 cm³/mol. The molecule has 32 heteroatoms. The highest BCUT2D eigenvalue weighted by molar-refractivity contribution is 6.00. The second kappa shape index (κ2) is 29.3. The maximum absolute atomic E-state index is 14.0. The maximum Gasteiger partial charge on any atom is 0.305 e. The normalized spacial score (nSPS) is 14.4. The van der Waals surface area contributed by atoms with E-state index in [2.05, 4.69) is 42.2 Å². The van der Waals surface area contributed by atoms with Gasteiger partial charge >= 0.3 is 17.9 Å². The number of aromatic amines is 1. The number of carbonyl (C=O) groups is 15. The first-order valence-electron chi connectivity index (χ1n) is 22.5. The molecule has 12 amide bonds. The number of rotatable bonds is 33. The van der Waals surface area contributed by atoms with Gasteiger partial charge in [0.25, 0.3) is 0 Å². The Morgan fingerprint density at radius 3 is 1.33 bits per heavy atom. The Bertz CT molecular complexity index is 2530. The molecular formula is C43H60N14O18. The molecule has 410 valence electrons. The highest BCUT2D eigenvalue weighted by Crippen LogP contribution is 2.19. The molecule has 0 aliphatic rings. The SMILES string of the molecule is C[C@H](NC(=O)[C@H](Cc1c[nH]c2ccccc12)NC(=O)[C@H](CC(N)=O)NC(=O)[C@H](CCC(=O)O)NC(=O)[C@H](C)NC(=O)[C@H](CCC(=O)O)NC(=O)[C@@H](N)CC(N)=O)C(=O)N[C@@H](CC(=O)O)C(=O)N[C@@H](CC(N)=O)C(N)=O. The van der Waals surface area contributed by atoms with Crippen molar-refractivity contribution in [3.8, 4) is 0 Å². The van der Waals surface area contributed by atoms with Crippen molar-refractivity contribution < 1.29 is 87.2 Å². The van der Waals surface area contributed by atoms with Crippen molar-refractivity contribution in [2.24, 2.45) is 28.7 Å². The summed E-state index contributed by atoms with van der Waals surface area (Å²) in [5, 5.41) is 46.1. The third-order valence-corrected chi connectivity index (χ3v) is 10.7. The summed E-state index contributed by atoms with van der Waals surface area (Å²) in [6, 6.07) is -8.86. The fraction of sp³-hybridized carbons (Fsp3) is 0.465. The van der Waals surface area contributed by atoms with Gasteiger partial charge in [-0.15, -0.1) is 0 Å². The van der Waals surface area contributed by atoms with Crippen LogP contribution >= 0.6 is 0 Å². The summed E-state index contributed by atoms with van der Waals surface area (Å²) in [5.74, 6) is -18.4. The number of para-hydroxylation sites is 1. The number of carboxylic acid groups (broad SMARTS) is 3. The molecule has 2 aromatic rings. The number of nitrogens with one attached hydrogen (secondary N) is 9. The minimum Gasteiger partial charge on any atom is -0.481 e. The van der Waals surface area contributed by atoms with Crippen LogP contribution in [0.5, 0.6) is 0 Å². The van der Waals surface area contributed by atoms with Gasteiger partial charge < -0.3 is 91.5 Å². The number of aliphatic carboxylic acids is 3. The highest BCUT2D eigenvalue weighted by Gasteiger charge is 2.35. The van der Waals surface area contributed by atoms with Crippen LogP contribution in [0.4, 0.5) is 0 Å². The number of aromatic nitrogens is 1. The maximum atomic E-state index is 14.0. The first kappa shape index (κ1) is 61.9. The monoisotopic (exact) mass is 1060 g/mol. The van der Waals surface area contributed by atoms with Crippen LogP contribution < -0.4 is 71.2 Å². The molecule has 32 nitrogen and oxygen atoms in total. The number of fused-ring (bicyclic) bond motifs is 1. The Labute approximate surface area is 424 Å². The van der Waals surface area contributed by atoms with Gasteiger partial charge in [-0.05, 0) is 38.3 Å². The number of amides is 12. The van der Waals surface area contributed by atoms with Gasteiger partial charge in [-0.25, -0.2) is 0 Å². The molecular weight excluding hydrogens is 1000 g/mol. The molecule has 0 saturated carbocycles. The first-order valence-corrected chi connectivity index (χ1v) is 22.5. The van der Waals surface area contributed by atoms with Crippen molar-refractivity contribution in [3.63, 3.8) is 0 Å². The molecule has 2 rings (SSSR count). The largest absolute Gasteiger partial charge is 0.481 e. The zero-order valence-corrected chi connectivity index (χ0v) is 40.3. The highest BCUT2D eigenvalue weighted by atomic mass is 16.4. The van der Waals surface area contributed by atoms with Crippen molar-refractivity contribution >= 4 is 99.7 Å². The fourth-order valence-corrected chi connectivity index (χ4v) is 6.78. The molecule has 1 aromatic heterocycles. The molecule has 0 aliphatic heterocycles. The molecule has 0 saturated heterocycles. The predicted octanol–water partition coefficient (Wildman–Crippen LogP) is -7.73. The van der Waals surface area contributed by atoms with Gasteiger partial charge in [0.1, 0.15) is 48.3 Å². The van der Waals surface area contributed by atoms with Gasteiger partial charge in [-0.2, -0.15) is 0 Å². The molecule has 22 N–H and O–H groups in total. The summed E-state index contributed by atoms with van der Waals surface area (Å²) in [5.41, 5.74) is 27.4. The zero-order chi connectivity index (χ0) is 56.9. The summed E-state index contributed by atoms with van der Waals surface area (Å²) < 4.78 is 0. The molecule has 9 atom stereocenters. The van der Waals surface area contributed by atoms with Crippen LogP contribution in [0.1, 0.15) is 70.8 Å². The Morgan fingerprint density at radius 2 is 0.853 bits per heavy atom. The van der Waals surface area contributed by atoms with Crippen LogP contribution in [-0.4, -0.2) is 163 Å². The van der Waals surface area contributed by atoms with E-state index in [1.165, 1.54) is 6.20 Å². The van der Waals surface area contributed by atoms with Gasteiger partial charge in [0.15, 0.2) is 0 Å². The third-order valence-electron chi connectivity index (χ3n) is 10.7. The van der Waals surface area contributed by atoms with E-state index in [4.69, 9.17) is 33.8 Å². The van der Waals surface area contributed by atoms with E-state index in [1.54, 1.807) is 24.3 Å². The Balaban J connectivity index is 2.42. The molecule has 0 aliphatic carbocycles. The van der Waals surface area contributed by atoms with Crippen LogP contribution in [0.2, 0.25) is 0 Å².